The first-order chi connectivity index (χ1) is 10.4. The monoisotopic (exact) mass is 300 g/mol. The largest absolute Gasteiger partial charge is 0.477 e. The molecule has 1 aliphatic rings. The molecule has 2 N–H and O–H groups in total. The van der Waals surface area contributed by atoms with Crippen molar-refractivity contribution >= 4 is 28.5 Å². The Hall–Kier alpha value is -2.63. The van der Waals surface area contributed by atoms with Crippen molar-refractivity contribution in [3.05, 3.63) is 39.7 Å². The third kappa shape index (κ3) is 2.07. The number of aromatic carboxylic acids is 1. The molecule has 2 heterocycles. The molecule has 1 atom stereocenters. The van der Waals surface area contributed by atoms with Crippen LogP contribution in [-0.2, 0) is 11.2 Å². The van der Waals surface area contributed by atoms with Gasteiger partial charge < -0.3 is 15.0 Å². The Morgan fingerprint density at radius 1 is 1.36 bits per heavy atom. The first-order valence-corrected chi connectivity index (χ1v) is 7.11. The summed E-state index contributed by atoms with van der Waals surface area (Å²) >= 11 is 0. The summed E-state index contributed by atoms with van der Waals surface area (Å²) in [7, 11) is 0. The van der Waals surface area contributed by atoms with Gasteiger partial charge in [0.25, 0.3) is 0 Å². The summed E-state index contributed by atoms with van der Waals surface area (Å²) in [5.41, 5.74) is 1.25. The van der Waals surface area contributed by atoms with Gasteiger partial charge in [-0.15, -0.1) is 0 Å². The SMILES string of the molecule is CC(=O)Nc1ccc2c3c1c(=O)c(C(=O)O)cn3C(C)CC2. The lowest BCUT2D eigenvalue weighted by Gasteiger charge is -2.27. The first-order valence-electron chi connectivity index (χ1n) is 7.11. The molecular weight excluding hydrogens is 284 g/mol. The van der Waals surface area contributed by atoms with E-state index in [9.17, 15) is 19.5 Å². The highest BCUT2D eigenvalue weighted by atomic mass is 16.4. The van der Waals surface area contributed by atoms with Gasteiger partial charge in [-0.25, -0.2) is 4.79 Å². The highest BCUT2D eigenvalue weighted by Gasteiger charge is 2.24. The Labute approximate surface area is 126 Å². The lowest BCUT2D eigenvalue weighted by molar-refractivity contribution is -0.114. The number of hydrogen-bond donors (Lipinski definition) is 2. The van der Waals surface area contributed by atoms with Crippen LogP contribution < -0.4 is 10.7 Å². The maximum absolute atomic E-state index is 12.6. The van der Waals surface area contributed by atoms with Crippen LogP contribution in [0.4, 0.5) is 5.69 Å². The number of hydrogen-bond acceptors (Lipinski definition) is 3. The van der Waals surface area contributed by atoms with E-state index in [0.717, 1.165) is 23.9 Å². The van der Waals surface area contributed by atoms with Gasteiger partial charge in [-0.2, -0.15) is 0 Å². The number of carboxylic acids is 1. The van der Waals surface area contributed by atoms with Crippen molar-refractivity contribution in [2.45, 2.75) is 32.7 Å². The first kappa shape index (κ1) is 14.3. The van der Waals surface area contributed by atoms with E-state index in [0.29, 0.717) is 5.69 Å². The Morgan fingerprint density at radius 2 is 2.09 bits per heavy atom. The molecule has 0 spiro atoms. The number of aromatic nitrogens is 1. The number of anilines is 1. The molecule has 0 saturated carbocycles. The predicted molar refractivity (Wildman–Crippen MR) is 82.5 cm³/mol. The summed E-state index contributed by atoms with van der Waals surface area (Å²) < 4.78 is 1.84. The van der Waals surface area contributed by atoms with Crippen molar-refractivity contribution < 1.29 is 14.7 Å². The van der Waals surface area contributed by atoms with Crippen LogP contribution in [0.1, 0.15) is 42.2 Å². The molecule has 1 amide bonds. The average Bonchev–Trinajstić information content (AvgIpc) is 2.44. The number of nitrogens with one attached hydrogen (secondary N) is 1. The number of rotatable bonds is 2. The van der Waals surface area contributed by atoms with Crippen LogP contribution >= 0.6 is 0 Å². The summed E-state index contributed by atoms with van der Waals surface area (Å²) in [6.45, 7) is 3.34. The van der Waals surface area contributed by atoms with Crippen molar-refractivity contribution in [3.63, 3.8) is 0 Å². The number of benzene rings is 1. The van der Waals surface area contributed by atoms with Crippen LogP contribution in [0.15, 0.2) is 23.1 Å². The number of nitrogens with zero attached hydrogens (tertiary/aromatic N) is 1. The normalized spacial score (nSPS) is 16.5. The maximum Gasteiger partial charge on any atom is 0.341 e. The van der Waals surface area contributed by atoms with Gasteiger partial charge in [-0.3, -0.25) is 9.59 Å². The van der Waals surface area contributed by atoms with Crippen LogP contribution in [0.25, 0.3) is 10.9 Å². The minimum absolute atomic E-state index is 0.0984. The Bertz CT molecular complexity index is 867. The van der Waals surface area contributed by atoms with E-state index < -0.39 is 11.4 Å². The van der Waals surface area contributed by atoms with Crippen LogP contribution in [0.2, 0.25) is 0 Å². The molecule has 22 heavy (non-hydrogen) atoms. The third-order valence-corrected chi connectivity index (χ3v) is 4.11. The number of carboxylic acid groups (broad SMARTS) is 1. The Balaban J connectivity index is 2.48. The molecule has 1 aromatic heterocycles. The molecule has 0 aliphatic carbocycles. The molecule has 0 bridgehead atoms. The Kier molecular flexibility index (Phi) is 3.24. The highest BCUT2D eigenvalue weighted by Crippen LogP contribution is 2.33. The molecule has 1 unspecified atom stereocenters. The van der Waals surface area contributed by atoms with E-state index in [1.54, 1.807) is 6.07 Å². The summed E-state index contributed by atoms with van der Waals surface area (Å²) in [6.07, 6.45) is 3.12. The topological polar surface area (TPSA) is 88.4 Å². The molecule has 0 radical (unpaired) electrons. The molecule has 3 rings (SSSR count). The summed E-state index contributed by atoms with van der Waals surface area (Å²) in [5.74, 6) is -1.56. The predicted octanol–water partition coefficient (Wildman–Crippen LogP) is 2.17. The van der Waals surface area contributed by atoms with Gasteiger partial charge in [0.1, 0.15) is 5.56 Å². The van der Waals surface area contributed by atoms with Crippen molar-refractivity contribution in [3.8, 4) is 0 Å². The van der Waals surface area contributed by atoms with Gasteiger partial charge in [0.05, 0.1) is 16.6 Å². The zero-order valence-electron chi connectivity index (χ0n) is 12.3. The Morgan fingerprint density at radius 3 is 2.73 bits per heavy atom. The minimum Gasteiger partial charge on any atom is -0.477 e. The lowest BCUT2D eigenvalue weighted by atomic mass is 9.95. The van der Waals surface area contributed by atoms with E-state index in [1.165, 1.54) is 13.1 Å². The second-order valence-electron chi connectivity index (χ2n) is 5.65. The molecule has 2 aromatic rings. The van der Waals surface area contributed by atoms with Crippen molar-refractivity contribution in [2.75, 3.05) is 5.32 Å². The minimum atomic E-state index is -1.26. The second kappa shape index (κ2) is 4.98. The standard InChI is InChI=1S/C16H16N2O4/c1-8-3-4-10-5-6-12(17-9(2)19)13-14(10)18(8)7-11(15(13)20)16(21)22/h5-8H,3-4H2,1-2H3,(H,17,19)(H,21,22). The molecule has 0 saturated heterocycles. The number of carbonyl (C=O) groups excluding carboxylic acids is 1. The van der Waals surface area contributed by atoms with Crippen LogP contribution in [-0.4, -0.2) is 21.6 Å². The fraction of sp³-hybridized carbons (Fsp3) is 0.312. The molecule has 1 aromatic carbocycles. The van der Waals surface area contributed by atoms with Crippen LogP contribution in [0.5, 0.6) is 0 Å². The summed E-state index contributed by atoms with van der Waals surface area (Å²) in [6, 6.07) is 3.66. The zero-order chi connectivity index (χ0) is 16.0. The van der Waals surface area contributed by atoms with E-state index in [1.807, 2.05) is 17.6 Å². The van der Waals surface area contributed by atoms with Crippen molar-refractivity contribution in [1.82, 2.24) is 4.57 Å². The molecule has 0 fully saturated rings. The number of pyridine rings is 1. The zero-order valence-corrected chi connectivity index (χ0v) is 12.3. The quantitative estimate of drug-likeness (QED) is 0.889. The van der Waals surface area contributed by atoms with Crippen molar-refractivity contribution in [1.29, 1.82) is 0 Å². The molecule has 6 heteroatoms. The molecular formula is C16H16N2O4. The van der Waals surface area contributed by atoms with Gasteiger partial charge in [0.2, 0.25) is 11.3 Å². The van der Waals surface area contributed by atoms with E-state index in [2.05, 4.69) is 5.32 Å². The van der Waals surface area contributed by atoms with Gasteiger partial charge in [-0.1, -0.05) is 6.07 Å². The lowest BCUT2D eigenvalue weighted by Crippen LogP contribution is -2.25. The number of amides is 1. The van der Waals surface area contributed by atoms with E-state index in [4.69, 9.17) is 0 Å². The van der Waals surface area contributed by atoms with E-state index >= 15 is 0 Å². The summed E-state index contributed by atoms with van der Waals surface area (Å²) in [5, 5.41) is 12.2. The smallest absolute Gasteiger partial charge is 0.341 e. The second-order valence-corrected chi connectivity index (χ2v) is 5.65. The number of aryl methyl sites for hydroxylation is 1. The van der Waals surface area contributed by atoms with Gasteiger partial charge >= 0.3 is 5.97 Å². The molecule has 6 nitrogen and oxygen atoms in total. The third-order valence-electron chi connectivity index (χ3n) is 4.11. The van der Waals surface area contributed by atoms with Gasteiger partial charge in [0.15, 0.2) is 0 Å². The molecule has 114 valence electrons. The maximum atomic E-state index is 12.6. The number of carbonyl (C=O) groups is 2. The molecule has 1 aliphatic heterocycles. The fourth-order valence-electron chi connectivity index (χ4n) is 3.06. The fourth-order valence-corrected chi connectivity index (χ4v) is 3.06. The van der Waals surface area contributed by atoms with E-state index in [-0.39, 0.29) is 22.9 Å². The highest BCUT2D eigenvalue weighted by molar-refractivity contribution is 6.04. The summed E-state index contributed by atoms with van der Waals surface area (Å²) in [4.78, 5) is 35.3. The van der Waals surface area contributed by atoms with Gasteiger partial charge in [0, 0.05) is 19.2 Å². The van der Waals surface area contributed by atoms with Crippen molar-refractivity contribution in [2.24, 2.45) is 0 Å². The van der Waals surface area contributed by atoms with Crippen LogP contribution in [0.3, 0.4) is 0 Å². The van der Waals surface area contributed by atoms with Crippen LogP contribution in [0, 0.1) is 0 Å². The van der Waals surface area contributed by atoms with Gasteiger partial charge in [-0.05, 0) is 31.4 Å². The average molecular weight is 300 g/mol.